The normalized spacial score (nSPS) is 15.2. The van der Waals surface area contributed by atoms with Crippen molar-refractivity contribution >= 4 is 29.9 Å². The van der Waals surface area contributed by atoms with Crippen molar-refractivity contribution in [1.29, 1.82) is 0 Å². The maximum atomic E-state index is 5.39. The molecule has 1 aliphatic rings. The van der Waals surface area contributed by atoms with E-state index in [1.807, 2.05) is 23.0 Å². The Labute approximate surface area is 182 Å². The van der Waals surface area contributed by atoms with Gasteiger partial charge < -0.3 is 19.8 Å². The van der Waals surface area contributed by atoms with Gasteiger partial charge >= 0.3 is 0 Å². The molecule has 1 aliphatic heterocycles. The third-order valence-electron chi connectivity index (χ3n) is 4.36. The van der Waals surface area contributed by atoms with Gasteiger partial charge in [-0.05, 0) is 18.6 Å². The van der Waals surface area contributed by atoms with Gasteiger partial charge in [-0.2, -0.15) is 0 Å². The van der Waals surface area contributed by atoms with Crippen molar-refractivity contribution < 1.29 is 9.15 Å². The summed E-state index contributed by atoms with van der Waals surface area (Å²) < 4.78 is 12.6. The summed E-state index contributed by atoms with van der Waals surface area (Å²) in [5, 5.41) is 14.6. The van der Waals surface area contributed by atoms with E-state index in [9.17, 15) is 0 Å². The van der Waals surface area contributed by atoms with Gasteiger partial charge in [0.2, 0.25) is 0 Å². The summed E-state index contributed by atoms with van der Waals surface area (Å²) in [5.41, 5.74) is 0. The van der Waals surface area contributed by atoms with Crippen molar-refractivity contribution in [3.8, 4) is 0 Å². The molecule has 0 aromatic carbocycles. The lowest BCUT2D eigenvalue weighted by atomic mass is 10.3. The van der Waals surface area contributed by atoms with Gasteiger partial charge in [0.15, 0.2) is 5.96 Å². The molecule has 156 valence electrons. The highest BCUT2D eigenvalue weighted by atomic mass is 127. The highest BCUT2D eigenvalue weighted by Crippen LogP contribution is 1.99. The molecule has 0 atom stereocenters. The summed E-state index contributed by atoms with van der Waals surface area (Å²) in [6.07, 6.45) is 7.01. The first-order valence-corrected chi connectivity index (χ1v) is 9.59. The molecule has 1 fully saturated rings. The largest absolute Gasteiger partial charge is 0.469 e. The van der Waals surface area contributed by atoms with E-state index in [0.29, 0.717) is 0 Å². The summed E-state index contributed by atoms with van der Waals surface area (Å²) >= 11 is 0. The monoisotopic (exact) mass is 503 g/mol. The van der Waals surface area contributed by atoms with Crippen LogP contribution in [0.2, 0.25) is 0 Å². The van der Waals surface area contributed by atoms with Gasteiger partial charge in [-0.3, -0.25) is 14.6 Å². The molecule has 10 heteroatoms. The van der Waals surface area contributed by atoms with Crippen LogP contribution in [0.5, 0.6) is 0 Å². The predicted octanol–water partition coefficient (Wildman–Crippen LogP) is 0.989. The molecule has 3 rings (SSSR count). The average Bonchev–Trinajstić information content (AvgIpc) is 3.40. The Balaban J connectivity index is 0.00000280. The standard InChI is InChI=1S/C18H29N7O2.HI/c1-3-17(27-14-1)4-6-20-18(19-5-2-9-25-11-8-22-23-25)21-7-10-24-12-15-26-16-13-24;/h1,3,8,11,14H,2,4-7,9-10,12-13,15-16H2,(H2,19,20,21);1H. The first kappa shape index (κ1) is 22.6. The van der Waals surface area contributed by atoms with Crippen molar-refractivity contribution in [2.75, 3.05) is 52.5 Å². The molecule has 0 bridgehead atoms. The number of aliphatic imine (C=N–C) groups is 1. The molecule has 2 aromatic heterocycles. The first-order valence-electron chi connectivity index (χ1n) is 9.59. The van der Waals surface area contributed by atoms with Crippen molar-refractivity contribution in [1.82, 2.24) is 30.5 Å². The number of nitrogens with one attached hydrogen (secondary N) is 2. The van der Waals surface area contributed by atoms with E-state index in [4.69, 9.17) is 9.15 Å². The molecule has 0 unspecified atom stereocenters. The second-order valence-corrected chi connectivity index (χ2v) is 6.39. The SMILES string of the molecule is I.c1coc(CCNC(=NCCCn2ccnn2)NCCN2CCOCC2)c1. The third-order valence-corrected chi connectivity index (χ3v) is 4.36. The van der Waals surface area contributed by atoms with Gasteiger partial charge in [0.05, 0.1) is 25.7 Å². The molecule has 0 amide bonds. The number of nitrogens with zero attached hydrogens (tertiary/aromatic N) is 5. The molecule has 2 aromatic rings. The lowest BCUT2D eigenvalue weighted by molar-refractivity contribution is 0.0389. The summed E-state index contributed by atoms with van der Waals surface area (Å²) in [6.45, 7) is 7.81. The summed E-state index contributed by atoms with van der Waals surface area (Å²) in [6, 6.07) is 3.90. The molecule has 3 heterocycles. The molecule has 9 nitrogen and oxygen atoms in total. The van der Waals surface area contributed by atoms with Gasteiger partial charge in [-0.25, -0.2) is 0 Å². The van der Waals surface area contributed by atoms with E-state index in [-0.39, 0.29) is 24.0 Å². The topological polar surface area (TPSA) is 92.7 Å². The fourth-order valence-electron chi connectivity index (χ4n) is 2.87. The van der Waals surface area contributed by atoms with E-state index in [1.54, 1.807) is 12.5 Å². The van der Waals surface area contributed by atoms with Crippen LogP contribution < -0.4 is 10.6 Å². The molecular weight excluding hydrogens is 473 g/mol. The van der Waals surface area contributed by atoms with Crippen LogP contribution in [-0.2, 0) is 17.7 Å². The minimum absolute atomic E-state index is 0. The maximum absolute atomic E-state index is 5.39. The Hall–Kier alpha value is -1.66. The van der Waals surface area contributed by atoms with E-state index in [2.05, 4.69) is 30.8 Å². The second-order valence-electron chi connectivity index (χ2n) is 6.39. The number of hydrogen-bond donors (Lipinski definition) is 2. The molecule has 0 radical (unpaired) electrons. The van der Waals surface area contributed by atoms with Crippen LogP contribution >= 0.6 is 24.0 Å². The molecule has 1 saturated heterocycles. The Morgan fingerprint density at radius 3 is 2.79 bits per heavy atom. The number of ether oxygens (including phenoxy) is 1. The lowest BCUT2D eigenvalue weighted by Gasteiger charge is -2.26. The number of guanidine groups is 1. The molecule has 0 spiro atoms. The molecule has 0 saturated carbocycles. The molecular formula is C18H30IN7O2. The van der Waals surface area contributed by atoms with Gasteiger partial charge in [-0.15, -0.1) is 29.1 Å². The predicted molar refractivity (Wildman–Crippen MR) is 118 cm³/mol. The fourth-order valence-corrected chi connectivity index (χ4v) is 2.87. The highest BCUT2D eigenvalue weighted by Gasteiger charge is 2.09. The summed E-state index contributed by atoms with van der Waals surface area (Å²) in [7, 11) is 0. The fraction of sp³-hybridized carbons (Fsp3) is 0.611. The maximum Gasteiger partial charge on any atom is 0.191 e. The smallest absolute Gasteiger partial charge is 0.191 e. The zero-order valence-electron chi connectivity index (χ0n) is 16.1. The Bertz CT molecular complexity index is 643. The molecule has 0 aliphatic carbocycles. The highest BCUT2D eigenvalue weighted by molar-refractivity contribution is 14.0. The van der Waals surface area contributed by atoms with E-state index >= 15 is 0 Å². The zero-order valence-corrected chi connectivity index (χ0v) is 18.5. The van der Waals surface area contributed by atoms with Gasteiger partial charge in [-0.1, -0.05) is 5.21 Å². The Kier molecular flexibility index (Phi) is 10.9. The van der Waals surface area contributed by atoms with Crippen LogP contribution in [0.3, 0.4) is 0 Å². The number of hydrogen-bond acceptors (Lipinski definition) is 6. The summed E-state index contributed by atoms with van der Waals surface area (Å²) in [4.78, 5) is 7.09. The minimum Gasteiger partial charge on any atom is -0.469 e. The van der Waals surface area contributed by atoms with Crippen molar-refractivity contribution in [2.24, 2.45) is 4.99 Å². The lowest BCUT2D eigenvalue weighted by Crippen LogP contribution is -2.44. The van der Waals surface area contributed by atoms with Crippen LogP contribution in [0.4, 0.5) is 0 Å². The Morgan fingerprint density at radius 1 is 1.18 bits per heavy atom. The van der Waals surface area contributed by atoms with E-state index < -0.39 is 0 Å². The van der Waals surface area contributed by atoms with Crippen molar-refractivity contribution in [3.63, 3.8) is 0 Å². The van der Waals surface area contributed by atoms with Gasteiger partial charge in [0.25, 0.3) is 0 Å². The van der Waals surface area contributed by atoms with E-state index in [0.717, 1.165) is 83.6 Å². The first-order chi connectivity index (χ1) is 13.4. The van der Waals surface area contributed by atoms with E-state index in [1.165, 1.54) is 0 Å². The van der Waals surface area contributed by atoms with Crippen molar-refractivity contribution in [3.05, 3.63) is 36.5 Å². The average molecular weight is 503 g/mol. The van der Waals surface area contributed by atoms with Crippen molar-refractivity contribution in [2.45, 2.75) is 19.4 Å². The number of furan rings is 1. The third kappa shape index (κ3) is 8.57. The van der Waals surface area contributed by atoms with Crippen LogP contribution in [0.1, 0.15) is 12.2 Å². The van der Waals surface area contributed by atoms with Crippen LogP contribution in [0.15, 0.2) is 40.2 Å². The minimum atomic E-state index is 0. The summed E-state index contributed by atoms with van der Waals surface area (Å²) in [5.74, 6) is 1.81. The number of halogens is 1. The van der Waals surface area contributed by atoms with Crippen LogP contribution in [0, 0.1) is 0 Å². The second kappa shape index (κ2) is 13.5. The number of rotatable bonds is 10. The van der Waals surface area contributed by atoms with Gasteiger partial charge in [0.1, 0.15) is 5.76 Å². The number of aryl methyl sites for hydroxylation is 1. The van der Waals surface area contributed by atoms with Crippen LogP contribution in [0.25, 0.3) is 0 Å². The number of aromatic nitrogens is 3. The molecule has 28 heavy (non-hydrogen) atoms. The van der Waals surface area contributed by atoms with Crippen LogP contribution in [-0.4, -0.2) is 78.3 Å². The quantitative estimate of drug-likeness (QED) is 0.216. The van der Waals surface area contributed by atoms with Gasteiger partial charge in [0, 0.05) is 58.4 Å². The zero-order chi connectivity index (χ0) is 18.6. The number of morpholine rings is 1. The molecule has 2 N–H and O–H groups in total. The Morgan fingerprint density at radius 2 is 2.04 bits per heavy atom.